The van der Waals surface area contributed by atoms with Crippen LogP contribution in [-0.4, -0.2) is 98.1 Å². The molecular weight excluding hydrogens is 493 g/mol. The number of rotatable bonds is 9. The zero-order chi connectivity index (χ0) is 21.3. The highest BCUT2D eigenvalue weighted by Gasteiger charge is 2.27. The van der Waals surface area contributed by atoms with Gasteiger partial charge >= 0.3 is 0 Å². The number of morpholine rings is 1. The summed E-state index contributed by atoms with van der Waals surface area (Å²) in [7, 11) is 0. The minimum Gasteiger partial charge on any atom is -0.387 e. The highest BCUT2D eigenvalue weighted by Crippen LogP contribution is 2.21. The molecule has 2 atom stereocenters. The van der Waals surface area contributed by atoms with E-state index in [1.165, 1.54) is 25.9 Å². The van der Waals surface area contributed by atoms with E-state index in [9.17, 15) is 5.11 Å². The number of hydrogen-bond acceptors (Lipinski definition) is 5. The van der Waals surface area contributed by atoms with Crippen LogP contribution in [0.1, 0.15) is 47.5 Å². The van der Waals surface area contributed by atoms with E-state index in [0.29, 0.717) is 25.0 Å². The van der Waals surface area contributed by atoms with E-state index in [1.807, 2.05) is 6.92 Å². The maximum Gasteiger partial charge on any atom is 0.191 e. The van der Waals surface area contributed by atoms with Gasteiger partial charge in [0.05, 0.1) is 25.4 Å². The molecule has 3 N–H and O–H groups in total. The summed E-state index contributed by atoms with van der Waals surface area (Å²) in [6.45, 7) is 19.2. The van der Waals surface area contributed by atoms with Crippen LogP contribution in [0.2, 0.25) is 0 Å². The monoisotopic (exact) mass is 539 g/mol. The largest absolute Gasteiger partial charge is 0.387 e. The van der Waals surface area contributed by atoms with Crippen molar-refractivity contribution in [1.82, 2.24) is 20.4 Å². The van der Waals surface area contributed by atoms with Crippen molar-refractivity contribution in [2.24, 2.45) is 16.8 Å². The van der Waals surface area contributed by atoms with Gasteiger partial charge in [0.25, 0.3) is 0 Å². The molecule has 2 aliphatic heterocycles. The van der Waals surface area contributed by atoms with Crippen molar-refractivity contribution in [3.8, 4) is 0 Å². The first-order chi connectivity index (χ1) is 13.8. The Morgan fingerprint density at radius 2 is 1.80 bits per heavy atom. The number of likely N-dealkylation sites (tertiary alicyclic amines) is 1. The molecule has 0 amide bonds. The molecule has 2 aliphatic rings. The van der Waals surface area contributed by atoms with Gasteiger partial charge in [0.15, 0.2) is 5.96 Å². The Bertz CT molecular complexity index is 490. The molecule has 0 aromatic carbocycles. The van der Waals surface area contributed by atoms with Crippen molar-refractivity contribution in [3.05, 3.63) is 0 Å². The summed E-state index contributed by atoms with van der Waals surface area (Å²) in [4.78, 5) is 9.60. The van der Waals surface area contributed by atoms with E-state index >= 15 is 0 Å². The van der Waals surface area contributed by atoms with Gasteiger partial charge in [-0.1, -0.05) is 20.8 Å². The second-order valence-electron chi connectivity index (χ2n) is 9.49. The number of nitrogens with one attached hydrogen (secondary N) is 2. The van der Waals surface area contributed by atoms with Gasteiger partial charge in [0.2, 0.25) is 0 Å². The van der Waals surface area contributed by atoms with Crippen LogP contribution in [0.3, 0.4) is 0 Å². The molecule has 178 valence electrons. The first kappa shape index (κ1) is 27.9. The summed E-state index contributed by atoms with van der Waals surface area (Å²) in [6, 6.07) is 0.500. The van der Waals surface area contributed by atoms with Crippen LogP contribution >= 0.6 is 24.0 Å². The molecule has 2 fully saturated rings. The molecule has 30 heavy (non-hydrogen) atoms. The molecule has 2 saturated heterocycles. The molecule has 0 bridgehead atoms. The zero-order valence-corrected chi connectivity index (χ0v) is 22.2. The Labute approximate surface area is 201 Å². The van der Waals surface area contributed by atoms with Crippen LogP contribution in [0.15, 0.2) is 4.99 Å². The molecule has 8 heteroatoms. The van der Waals surface area contributed by atoms with Crippen molar-refractivity contribution >= 4 is 29.9 Å². The first-order valence-corrected chi connectivity index (χ1v) is 11.6. The number of piperidine rings is 1. The van der Waals surface area contributed by atoms with E-state index < -0.39 is 5.60 Å². The van der Waals surface area contributed by atoms with E-state index in [4.69, 9.17) is 9.73 Å². The molecule has 0 saturated carbocycles. The number of aliphatic hydroxyl groups is 1. The minimum absolute atomic E-state index is 0. The standard InChI is InChI=1S/C22H45N5O2.HI/c1-6-23-21(25-16-22(5,28)17-26-11-13-29-14-12-26)24-15-20(18(2)3)27-9-7-19(4)8-10-27;/h18-20,28H,6-17H2,1-5H3,(H2,23,24,25);1H. The topological polar surface area (TPSA) is 72.4 Å². The molecule has 0 aliphatic carbocycles. The quantitative estimate of drug-likeness (QED) is 0.237. The Morgan fingerprint density at radius 3 is 2.37 bits per heavy atom. The fraction of sp³-hybridized carbons (Fsp3) is 0.955. The summed E-state index contributed by atoms with van der Waals surface area (Å²) < 4.78 is 5.40. The van der Waals surface area contributed by atoms with Gasteiger partial charge in [0, 0.05) is 38.8 Å². The number of β-amino-alcohol motifs (C(OH)–C–C–N with tert-alkyl or cyclic N) is 1. The lowest BCUT2D eigenvalue weighted by molar-refractivity contribution is -0.0180. The second-order valence-corrected chi connectivity index (χ2v) is 9.49. The lowest BCUT2D eigenvalue weighted by atomic mass is 9.94. The maximum absolute atomic E-state index is 10.8. The average Bonchev–Trinajstić information content (AvgIpc) is 2.68. The van der Waals surface area contributed by atoms with Crippen molar-refractivity contribution < 1.29 is 9.84 Å². The highest BCUT2D eigenvalue weighted by molar-refractivity contribution is 14.0. The molecule has 2 heterocycles. The third-order valence-corrected chi connectivity index (χ3v) is 6.13. The van der Waals surface area contributed by atoms with Gasteiger partial charge < -0.3 is 20.5 Å². The van der Waals surface area contributed by atoms with Crippen LogP contribution in [0, 0.1) is 11.8 Å². The fourth-order valence-corrected chi connectivity index (χ4v) is 4.23. The molecule has 2 unspecified atom stereocenters. The van der Waals surface area contributed by atoms with Gasteiger partial charge in [-0.15, -0.1) is 24.0 Å². The first-order valence-electron chi connectivity index (χ1n) is 11.6. The number of ether oxygens (including phenoxy) is 1. The number of aliphatic imine (C=N–C) groups is 1. The van der Waals surface area contributed by atoms with Crippen molar-refractivity contribution in [2.45, 2.75) is 59.1 Å². The van der Waals surface area contributed by atoms with Crippen LogP contribution in [0.25, 0.3) is 0 Å². The molecular formula is C22H46IN5O2. The van der Waals surface area contributed by atoms with E-state index in [0.717, 1.165) is 51.3 Å². The Hall–Kier alpha value is -0.160. The molecule has 0 radical (unpaired) electrons. The van der Waals surface area contributed by atoms with Crippen molar-refractivity contribution in [3.63, 3.8) is 0 Å². The molecule has 0 spiro atoms. The zero-order valence-electron chi connectivity index (χ0n) is 19.8. The molecule has 7 nitrogen and oxygen atoms in total. The van der Waals surface area contributed by atoms with E-state index in [-0.39, 0.29) is 24.0 Å². The second kappa shape index (κ2) is 14.1. The normalized spacial score (nSPS) is 23.0. The third kappa shape index (κ3) is 9.97. The molecule has 0 aromatic heterocycles. The van der Waals surface area contributed by atoms with Crippen LogP contribution in [0.5, 0.6) is 0 Å². The predicted molar refractivity (Wildman–Crippen MR) is 136 cm³/mol. The fourth-order valence-electron chi connectivity index (χ4n) is 4.23. The average molecular weight is 540 g/mol. The Kier molecular flexibility index (Phi) is 13.1. The SMILES string of the molecule is CCNC(=NCC(C)(O)CN1CCOCC1)NCC(C(C)C)N1CCC(C)CC1.I. The minimum atomic E-state index is -0.847. The number of guanidine groups is 1. The Morgan fingerprint density at radius 1 is 1.17 bits per heavy atom. The summed E-state index contributed by atoms with van der Waals surface area (Å²) >= 11 is 0. The van der Waals surface area contributed by atoms with E-state index in [1.54, 1.807) is 0 Å². The van der Waals surface area contributed by atoms with Crippen LogP contribution in [0.4, 0.5) is 0 Å². The molecule has 0 aromatic rings. The van der Waals surface area contributed by atoms with Gasteiger partial charge in [0.1, 0.15) is 0 Å². The summed E-state index contributed by atoms with van der Waals surface area (Å²) in [6.07, 6.45) is 2.59. The predicted octanol–water partition coefficient (Wildman–Crippen LogP) is 2.00. The van der Waals surface area contributed by atoms with E-state index in [2.05, 4.69) is 48.1 Å². The Balaban J connectivity index is 0.00000450. The summed E-state index contributed by atoms with van der Waals surface area (Å²) in [5.41, 5.74) is -0.847. The number of halogens is 1. The van der Waals surface area contributed by atoms with Crippen LogP contribution in [-0.2, 0) is 4.74 Å². The summed E-state index contributed by atoms with van der Waals surface area (Å²) in [5.74, 6) is 2.23. The van der Waals surface area contributed by atoms with Crippen molar-refractivity contribution in [2.75, 3.05) is 65.6 Å². The smallest absolute Gasteiger partial charge is 0.191 e. The lowest BCUT2D eigenvalue weighted by Gasteiger charge is -2.39. The number of hydrogen-bond donors (Lipinski definition) is 3. The van der Waals surface area contributed by atoms with Gasteiger partial charge in [-0.3, -0.25) is 14.8 Å². The number of nitrogens with zero attached hydrogens (tertiary/aromatic N) is 3. The highest BCUT2D eigenvalue weighted by atomic mass is 127. The lowest BCUT2D eigenvalue weighted by Crippen LogP contribution is -2.52. The summed E-state index contributed by atoms with van der Waals surface area (Å²) in [5, 5.41) is 17.7. The van der Waals surface area contributed by atoms with Gasteiger partial charge in [-0.2, -0.15) is 0 Å². The van der Waals surface area contributed by atoms with Gasteiger partial charge in [-0.05, 0) is 51.6 Å². The molecule has 2 rings (SSSR count). The maximum atomic E-state index is 10.8. The van der Waals surface area contributed by atoms with Crippen molar-refractivity contribution in [1.29, 1.82) is 0 Å². The van der Waals surface area contributed by atoms with Gasteiger partial charge in [-0.25, -0.2) is 0 Å². The third-order valence-electron chi connectivity index (χ3n) is 6.13. The van der Waals surface area contributed by atoms with Crippen LogP contribution < -0.4 is 10.6 Å².